The van der Waals surface area contributed by atoms with Crippen molar-refractivity contribution in [3.8, 4) is 0 Å². The molecule has 0 saturated carbocycles. The second-order valence-electron chi connectivity index (χ2n) is 4.75. The number of carboxylic acids is 1. The van der Waals surface area contributed by atoms with Crippen LogP contribution in [-0.4, -0.2) is 33.6 Å². The molecule has 0 radical (unpaired) electrons. The molecule has 18 heavy (non-hydrogen) atoms. The van der Waals surface area contributed by atoms with E-state index in [-0.39, 0.29) is 5.92 Å². The molecule has 2 aromatic rings. The smallest absolute Gasteiger partial charge is 0.320 e. The first-order valence-corrected chi connectivity index (χ1v) is 6.13. The third-order valence-electron chi connectivity index (χ3n) is 3.58. The zero-order chi connectivity index (χ0) is 12.5. The summed E-state index contributed by atoms with van der Waals surface area (Å²) in [5, 5.41) is 13.2. The lowest BCUT2D eigenvalue weighted by Crippen LogP contribution is -2.42. The van der Waals surface area contributed by atoms with Gasteiger partial charge in [0.2, 0.25) is 0 Å². The maximum Gasteiger partial charge on any atom is 0.320 e. The van der Waals surface area contributed by atoms with Gasteiger partial charge in [-0.05, 0) is 31.5 Å². The van der Waals surface area contributed by atoms with Crippen molar-refractivity contribution in [2.45, 2.75) is 24.8 Å². The fourth-order valence-corrected chi connectivity index (χ4v) is 2.60. The first-order valence-electron chi connectivity index (χ1n) is 6.13. The van der Waals surface area contributed by atoms with Gasteiger partial charge in [0, 0.05) is 34.9 Å². The summed E-state index contributed by atoms with van der Waals surface area (Å²) in [6.07, 6.45) is 5.18. The molecule has 5 heteroatoms. The predicted molar refractivity (Wildman–Crippen MR) is 67.5 cm³/mol. The van der Waals surface area contributed by atoms with E-state index < -0.39 is 12.0 Å². The van der Waals surface area contributed by atoms with Crippen LogP contribution in [0.15, 0.2) is 24.5 Å². The molecule has 5 nitrogen and oxygen atoms in total. The minimum atomic E-state index is -0.766. The molecule has 3 heterocycles. The highest BCUT2D eigenvalue weighted by molar-refractivity contribution is 5.79. The van der Waals surface area contributed by atoms with Crippen LogP contribution in [-0.2, 0) is 4.79 Å². The van der Waals surface area contributed by atoms with E-state index in [1.807, 2.05) is 12.3 Å². The van der Waals surface area contributed by atoms with Crippen molar-refractivity contribution in [1.82, 2.24) is 15.3 Å². The van der Waals surface area contributed by atoms with Crippen LogP contribution < -0.4 is 5.32 Å². The first kappa shape index (κ1) is 11.2. The third-order valence-corrected chi connectivity index (χ3v) is 3.58. The van der Waals surface area contributed by atoms with Crippen LogP contribution in [0.4, 0.5) is 0 Å². The van der Waals surface area contributed by atoms with E-state index in [4.69, 9.17) is 5.11 Å². The Labute approximate surface area is 104 Å². The summed E-state index contributed by atoms with van der Waals surface area (Å²) < 4.78 is 0. The Bertz CT molecular complexity index is 545. The largest absolute Gasteiger partial charge is 0.480 e. The van der Waals surface area contributed by atoms with Crippen molar-refractivity contribution >= 4 is 16.9 Å². The topological polar surface area (TPSA) is 78.0 Å². The summed E-state index contributed by atoms with van der Waals surface area (Å²) in [6.45, 7) is 0.745. The molecule has 0 bridgehead atoms. The lowest BCUT2D eigenvalue weighted by Gasteiger charge is -2.27. The molecule has 3 rings (SSSR count). The Hall–Kier alpha value is -1.88. The second kappa shape index (κ2) is 4.42. The standard InChI is InChI=1S/C13H15N3O2/c17-13(18)12-5-8(1-4-15-12)11-6-9-7-14-3-2-10(9)16-11/h2-3,6-8,12,15-16H,1,4-5H2,(H,17,18). The number of carbonyl (C=O) groups is 1. The van der Waals surface area contributed by atoms with E-state index in [1.54, 1.807) is 6.20 Å². The highest BCUT2D eigenvalue weighted by Gasteiger charge is 2.28. The van der Waals surface area contributed by atoms with Gasteiger partial charge in [-0.2, -0.15) is 0 Å². The summed E-state index contributed by atoms with van der Waals surface area (Å²) >= 11 is 0. The average molecular weight is 245 g/mol. The molecule has 0 amide bonds. The normalized spacial score (nSPS) is 24.2. The van der Waals surface area contributed by atoms with Crippen molar-refractivity contribution in [3.63, 3.8) is 0 Å². The lowest BCUT2D eigenvalue weighted by molar-refractivity contribution is -0.140. The Morgan fingerprint density at radius 2 is 2.39 bits per heavy atom. The van der Waals surface area contributed by atoms with Crippen LogP contribution in [0.5, 0.6) is 0 Å². The molecule has 1 fully saturated rings. The van der Waals surface area contributed by atoms with E-state index >= 15 is 0 Å². The van der Waals surface area contributed by atoms with Gasteiger partial charge in [0.15, 0.2) is 0 Å². The molecule has 2 aromatic heterocycles. The molecule has 1 aliphatic heterocycles. The number of aromatic nitrogens is 2. The number of aliphatic carboxylic acids is 1. The third kappa shape index (κ3) is 1.97. The van der Waals surface area contributed by atoms with Crippen molar-refractivity contribution in [2.24, 2.45) is 0 Å². The zero-order valence-corrected chi connectivity index (χ0v) is 9.89. The molecule has 2 unspecified atom stereocenters. The number of hydrogen-bond acceptors (Lipinski definition) is 3. The average Bonchev–Trinajstić information content (AvgIpc) is 2.82. The molecule has 0 aromatic carbocycles. The maximum absolute atomic E-state index is 11.0. The number of carboxylic acid groups (broad SMARTS) is 1. The number of piperidine rings is 1. The van der Waals surface area contributed by atoms with E-state index in [2.05, 4.69) is 21.4 Å². The van der Waals surface area contributed by atoms with Crippen molar-refractivity contribution in [3.05, 3.63) is 30.2 Å². The molecular weight excluding hydrogens is 230 g/mol. The van der Waals surface area contributed by atoms with Gasteiger partial charge < -0.3 is 15.4 Å². The number of aromatic amines is 1. The Morgan fingerprint density at radius 1 is 1.50 bits per heavy atom. The fourth-order valence-electron chi connectivity index (χ4n) is 2.60. The van der Waals surface area contributed by atoms with Crippen molar-refractivity contribution in [1.29, 1.82) is 0 Å². The fraction of sp³-hybridized carbons (Fsp3) is 0.385. The van der Waals surface area contributed by atoms with Gasteiger partial charge in [-0.3, -0.25) is 9.78 Å². The number of H-pyrrole nitrogens is 1. The van der Waals surface area contributed by atoms with E-state index in [0.29, 0.717) is 6.42 Å². The van der Waals surface area contributed by atoms with Crippen LogP contribution in [0.25, 0.3) is 10.9 Å². The molecule has 94 valence electrons. The number of fused-ring (bicyclic) bond motifs is 1. The molecule has 0 aliphatic carbocycles. The monoisotopic (exact) mass is 245 g/mol. The summed E-state index contributed by atoms with van der Waals surface area (Å²) in [5.41, 5.74) is 2.18. The molecule has 2 atom stereocenters. The molecule has 3 N–H and O–H groups in total. The van der Waals surface area contributed by atoms with Crippen LogP contribution in [0.3, 0.4) is 0 Å². The highest BCUT2D eigenvalue weighted by Crippen LogP contribution is 2.29. The Morgan fingerprint density at radius 3 is 3.17 bits per heavy atom. The van der Waals surface area contributed by atoms with Crippen molar-refractivity contribution < 1.29 is 9.90 Å². The summed E-state index contributed by atoms with van der Waals surface area (Å²) in [6, 6.07) is 3.58. The lowest BCUT2D eigenvalue weighted by atomic mass is 9.90. The van der Waals surface area contributed by atoms with Gasteiger partial charge in [-0.15, -0.1) is 0 Å². The number of rotatable bonds is 2. The summed E-state index contributed by atoms with van der Waals surface area (Å²) in [7, 11) is 0. The minimum absolute atomic E-state index is 0.278. The van der Waals surface area contributed by atoms with Crippen LogP contribution in [0, 0.1) is 0 Å². The van der Waals surface area contributed by atoms with Gasteiger partial charge in [0.05, 0.1) is 0 Å². The number of hydrogen-bond donors (Lipinski definition) is 3. The molecule has 1 saturated heterocycles. The zero-order valence-electron chi connectivity index (χ0n) is 9.89. The second-order valence-corrected chi connectivity index (χ2v) is 4.75. The molecular formula is C13H15N3O2. The van der Waals surface area contributed by atoms with E-state index in [9.17, 15) is 4.79 Å². The van der Waals surface area contributed by atoms with Gasteiger partial charge in [-0.25, -0.2) is 0 Å². The van der Waals surface area contributed by atoms with E-state index in [1.165, 1.54) is 0 Å². The number of nitrogens with zero attached hydrogens (tertiary/aromatic N) is 1. The van der Waals surface area contributed by atoms with Crippen molar-refractivity contribution in [2.75, 3.05) is 6.54 Å². The van der Waals surface area contributed by atoms with Gasteiger partial charge in [0.25, 0.3) is 0 Å². The predicted octanol–water partition coefficient (Wildman–Crippen LogP) is 1.48. The molecule has 1 aliphatic rings. The number of pyridine rings is 1. The molecule has 0 spiro atoms. The van der Waals surface area contributed by atoms with Crippen LogP contribution >= 0.6 is 0 Å². The Balaban J connectivity index is 1.87. The minimum Gasteiger partial charge on any atom is -0.480 e. The summed E-state index contributed by atoms with van der Waals surface area (Å²) in [4.78, 5) is 18.5. The Kier molecular flexibility index (Phi) is 2.76. The van der Waals surface area contributed by atoms with Gasteiger partial charge in [0.1, 0.15) is 6.04 Å². The maximum atomic E-state index is 11.0. The SMILES string of the molecule is O=C(O)C1CC(c2cc3cnccc3[nH]2)CCN1. The van der Waals surface area contributed by atoms with Crippen LogP contribution in [0.1, 0.15) is 24.5 Å². The first-order chi connectivity index (χ1) is 8.74. The quantitative estimate of drug-likeness (QED) is 0.749. The summed E-state index contributed by atoms with van der Waals surface area (Å²) in [5.74, 6) is -0.489. The highest BCUT2D eigenvalue weighted by atomic mass is 16.4. The van der Waals surface area contributed by atoms with Crippen LogP contribution in [0.2, 0.25) is 0 Å². The van der Waals surface area contributed by atoms with Gasteiger partial charge in [-0.1, -0.05) is 0 Å². The van der Waals surface area contributed by atoms with E-state index in [0.717, 1.165) is 29.6 Å². The number of nitrogens with one attached hydrogen (secondary N) is 2. The van der Waals surface area contributed by atoms with Gasteiger partial charge >= 0.3 is 5.97 Å².